The van der Waals surface area contributed by atoms with Gasteiger partial charge in [-0.2, -0.15) is 4.98 Å². The van der Waals surface area contributed by atoms with Crippen LogP contribution in [0.1, 0.15) is 17.3 Å². The Morgan fingerprint density at radius 1 is 1.28 bits per heavy atom. The minimum absolute atomic E-state index is 0.00833. The lowest BCUT2D eigenvalue weighted by atomic mass is 10.2. The van der Waals surface area contributed by atoms with Gasteiger partial charge >= 0.3 is 0 Å². The Labute approximate surface area is 142 Å². The average Bonchev–Trinajstić information content (AvgIpc) is 2.99. The van der Waals surface area contributed by atoms with E-state index in [0.717, 1.165) is 5.69 Å². The fraction of sp³-hybridized carbons (Fsp3) is 0.188. The standard InChI is InChI=1S/C16H15N5O4/c1-10-7-15(17-8-14(10)21(22)23)19-12-3-5-13(6-4-12)24-9-16-18-11(2)25-20-16/h3-8H,9H2,1-2H3,(H,17,19). The molecule has 2 aromatic heterocycles. The molecule has 9 nitrogen and oxygen atoms in total. The summed E-state index contributed by atoms with van der Waals surface area (Å²) in [5.74, 6) is 2.15. The maximum absolute atomic E-state index is 10.8. The number of pyridine rings is 1. The summed E-state index contributed by atoms with van der Waals surface area (Å²) < 4.78 is 10.4. The molecule has 0 fully saturated rings. The summed E-state index contributed by atoms with van der Waals surface area (Å²) in [4.78, 5) is 18.5. The molecule has 0 saturated carbocycles. The summed E-state index contributed by atoms with van der Waals surface area (Å²) in [5, 5.41) is 17.6. The number of rotatable bonds is 6. The van der Waals surface area contributed by atoms with Gasteiger partial charge in [-0.05, 0) is 37.3 Å². The number of anilines is 2. The molecule has 9 heteroatoms. The summed E-state index contributed by atoms with van der Waals surface area (Å²) in [6.07, 6.45) is 1.24. The SMILES string of the molecule is Cc1nc(COc2ccc(Nc3cc(C)c([N+](=O)[O-])cn3)cc2)no1. The van der Waals surface area contributed by atoms with Crippen LogP contribution >= 0.6 is 0 Å². The fourth-order valence-corrected chi connectivity index (χ4v) is 2.14. The third kappa shape index (κ3) is 4.08. The van der Waals surface area contributed by atoms with Gasteiger partial charge < -0.3 is 14.6 Å². The van der Waals surface area contributed by atoms with Crippen molar-refractivity contribution in [3.05, 3.63) is 63.9 Å². The number of aromatic nitrogens is 3. The van der Waals surface area contributed by atoms with E-state index in [1.54, 1.807) is 32.0 Å². The molecule has 0 saturated heterocycles. The summed E-state index contributed by atoms with van der Waals surface area (Å²) in [6, 6.07) is 8.83. The molecule has 0 aliphatic rings. The fourth-order valence-electron chi connectivity index (χ4n) is 2.14. The molecule has 2 heterocycles. The van der Waals surface area contributed by atoms with Crippen molar-refractivity contribution in [3.8, 4) is 5.75 Å². The number of benzene rings is 1. The van der Waals surface area contributed by atoms with Crippen LogP contribution in [0.4, 0.5) is 17.2 Å². The Bertz CT molecular complexity index is 892. The lowest BCUT2D eigenvalue weighted by molar-refractivity contribution is -0.385. The molecule has 0 radical (unpaired) electrons. The summed E-state index contributed by atoms with van der Waals surface area (Å²) in [7, 11) is 0. The van der Waals surface area contributed by atoms with Gasteiger partial charge in [-0.1, -0.05) is 5.16 Å². The van der Waals surface area contributed by atoms with Crippen molar-refractivity contribution in [2.24, 2.45) is 0 Å². The van der Waals surface area contributed by atoms with E-state index in [9.17, 15) is 10.1 Å². The van der Waals surface area contributed by atoms with Gasteiger partial charge in [-0.3, -0.25) is 10.1 Å². The van der Waals surface area contributed by atoms with Crippen LogP contribution in [0.15, 0.2) is 41.1 Å². The van der Waals surface area contributed by atoms with Crippen LogP contribution in [-0.4, -0.2) is 20.0 Å². The van der Waals surface area contributed by atoms with E-state index in [4.69, 9.17) is 9.26 Å². The number of nitro groups is 1. The van der Waals surface area contributed by atoms with E-state index in [-0.39, 0.29) is 12.3 Å². The molecule has 0 amide bonds. The smallest absolute Gasteiger partial charge is 0.290 e. The van der Waals surface area contributed by atoms with Gasteiger partial charge in [0.2, 0.25) is 11.7 Å². The molecule has 0 aliphatic heterocycles. The van der Waals surface area contributed by atoms with Gasteiger partial charge in [0.05, 0.1) is 4.92 Å². The van der Waals surface area contributed by atoms with Crippen molar-refractivity contribution in [2.45, 2.75) is 20.5 Å². The van der Waals surface area contributed by atoms with Crippen molar-refractivity contribution in [1.29, 1.82) is 0 Å². The summed E-state index contributed by atoms with van der Waals surface area (Å²) in [5.41, 5.74) is 1.31. The Morgan fingerprint density at radius 3 is 2.64 bits per heavy atom. The van der Waals surface area contributed by atoms with E-state index in [1.165, 1.54) is 6.20 Å². The van der Waals surface area contributed by atoms with Gasteiger partial charge in [0.25, 0.3) is 5.69 Å². The maximum Gasteiger partial charge on any atom is 0.290 e. The van der Waals surface area contributed by atoms with E-state index < -0.39 is 4.92 Å². The minimum Gasteiger partial charge on any atom is -0.485 e. The van der Waals surface area contributed by atoms with E-state index >= 15 is 0 Å². The van der Waals surface area contributed by atoms with Crippen LogP contribution < -0.4 is 10.1 Å². The van der Waals surface area contributed by atoms with Crippen LogP contribution in [0, 0.1) is 24.0 Å². The predicted octanol–water partition coefficient (Wildman–Crippen LogP) is 3.31. The van der Waals surface area contributed by atoms with E-state index in [1.807, 2.05) is 12.1 Å². The van der Waals surface area contributed by atoms with Crippen LogP contribution in [0.25, 0.3) is 0 Å². The molecule has 0 bridgehead atoms. The van der Waals surface area contributed by atoms with Crippen LogP contribution in [0.2, 0.25) is 0 Å². The van der Waals surface area contributed by atoms with Crippen molar-refractivity contribution >= 4 is 17.2 Å². The Kier molecular flexibility index (Phi) is 4.55. The topological polar surface area (TPSA) is 116 Å². The zero-order chi connectivity index (χ0) is 17.8. The molecule has 25 heavy (non-hydrogen) atoms. The highest BCUT2D eigenvalue weighted by molar-refractivity contribution is 5.59. The molecule has 1 aromatic carbocycles. The second-order valence-electron chi connectivity index (χ2n) is 5.28. The van der Waals surface area contributed by atoms with E-state index in [2.05, 4.69) is 20.4 Å². The Hall–Kier alpha value is -3.49. The Morgan fingerprint density at radius 2 is 2.04 bits per heavy atom. The number of nitrogens with one attached hydrogen (secondary N) is 1. The van der Waals surface area contributed by atoms with Crippen LogP contribution in [0.3, 0.4) is 0 Å². The highest BCUT2D eigenvalue weighted by atomic mass is 16.6. The largest absolute Gasteiger partial charge is 0.485 e. The second-order valence-corrected chi connectivity index (χ2v) is 5.28. The van der Waals surface area contributed by atoms with Crippen molar-refractivity contribution in [1.82, 2.24) is 15.1 Å². The second kappa shape index (κ2) is 6.95. The molecule has 0 atom stereocenters. The lowest BCUT2D eigenvalue weighted by Gasteiger charge is -2.08. The van der Waals surface area contributed by atoms with Crippen molar-refractivity contribution in [2.75, 3.05) is 5.32 Å². The number of nitrogens with zero attached hydrogens (tertiary/aromatic N) is 4. The first kappa shape index (κ1) is 16.4. The summed E-state index contributed by atoms with van der Waals surface area (Å²) in [6.45, 7) is 3.60. The molecule has 0 unspecified atom stereocenters. The van der Waals surface area contributed by atoms with Gasteiger partial charge in [-0.15, -0.1) is 0 Å². The molecule has 128 valence electrons. The predicted molar refractivity (Wildman–Crippen MR) is 88.7 cm³/mol. The van der Waals surface area contributed by atoms with Crippen molar-refractivity contribution < 1.29 is 14.2 Å². The quantitative estimate of drug-likeness (QED) is 0.536. The molecule has 0 spiro atoms. The third-order valence-electron chi connectivity index (χ3n) is 3.34. The van der Waals surface area contributed by atoms with Crippen LogP contribution in [0.5, 0.6) is 5.75 Å². The first-order chi connectivity index (χ1) is 12.0. The molecular formula is C16H15N5O4. The van der Waals surface area contributed by atoms with Gasteiger partial charge in [-0.25, -0.2) is 4.98 Å². The van der Waals surface area contributed by atoms with E-state index in [0.29, 0.717) is 28.8 Å². The molecule has 3 aromatic rings. The van der Waals surface area contributed by atoms with Gasteiger partial charge in [0, 0.05) is 18.2 Å². The first-order valence-corrected chi connectivity index (χ1v) is 7.41. The van der Waals surface area contributed by atoms with Crippen LogP contribution in [-0.2, 0) is 6.61 Å². The van der Waals surface area contributed by atoms with Crippen molar-refractivity contribution in [3.63, 3.8) is 0 Å². The Balaban J connectivity index is 1.62. The molecular weight excluding hydrogens is 326 g/mol. The lowest BCUT2D eigenvalue weighted by Crippen LogP contribution is -1.99. The zero-order valence-corrected chi connectivity index (χ0v) is 13.6. The minimum atomic E-state index is -0.455. The molecule has 1 N–H and O–H groups in total. The molecule has 0 aliphatic carbocycles. The maximum atomic E-state index is 10.8. The number of hydrogen-bond acceptors (Lipinski definition) is 8. The average molecular weight is 341 g/mol. The normalized spacial score (nSPS) is 10.5. The summed E-state index contributed by atoms with van der Waals surface area (Å²) >= 11 is 0. The third-order valence-corrected chi connectivity index (χ3v) is 3.34. The highest BCUT2D eigenvalue weighted by Crippen LogP contribution is 2.23. The van der Waals surface area contributed by atoms with Gasteiger partial charge in [0.15, 0.2) is 6.61 Å². The number of ether oxygens (including phenoxy) is 1. The zero-order valence-electron chi connectivity index (χ0n) is 13.6. The number of hydrogen-bond donors (Lipinski definition) is 1. The monoisotopic (exact) mass is 341 g/mol. The molecule has 3 rings (SSSR count). The number of aryl methyl sites for hydroxylation is 2. The first-order valence-electron chi connectivity index (χ1n) is 7.41. The highest BCUT2D eigenvalue weighted by Gasteiger charge is 2.11. The van der Waals surface area contributed by atoms with Gasteiger partial charge in [0.1, 0.15) is 17.8 Å².